The molecule has 0 N–H and O–H groups in total. The molecule has 0 spiro atoms. The molecule has 15 heavy (non-hydrogen) atoms. The van der Waals surface area contributed by atoms with Crippen molar-refractivity contribution in [1.82, 2.24) is 9.78 Å². The molecule has 0 radical (unpaired) electrons. The molecule has 0 fully saturated rings. The summed E-state index contributed by atoms with van der Waals surface area (Å²) in [5.74, 6) is 0.841. The molecule has 1 rings (SSSR count). The van der Waals surface area contributed by atoms with Gasteiger partial charge in [-0.2, -0.15) is 5.10 Å². The van der Waals surface area contributed by atoms with Crippen LogP contribution in [0.2, 0.25) is 0 Å². The first-order chi connectivity index (χ1) is 7.31. The van der Waals surface area contributed by atoms with Gasteiger partial charge < -0.3 is 0 Å². The first-order valence-electron chi connectivity index (χ1n) is 5.17. The van der Waals surface area contributed by atoms with Crippen molar-refractivity contribution < 1.29 is 0 Å². The molecule has 1 aromatic rings. The minimum absolute atomic E-state index is 0.841. The number of hydrogen-bond donors (Lipinski definition) is 0. The van der Waals surface area contributed by atoms with Gasteiger partial charge >= 0.3 is 0 Å². The second kappa shape index (κ2) is 5.96. The highest BCUT2D eigenvalue weighted by Gasteiger charge is 1.95. The van der Waals surface area contributed by atoms with Crippen LogP contribution in [0.25, 0.3) is 5.82 Å². The van der Waals surface area contributed by atoms with E-state index in [0.29, 0.717) is 0 Å². The number of aromatic nitrogens is 2. The molecule has 3 heteroatoms. The van der Waals surface area contributed by atoms with Gasteiger partial charge in [0, 0.05) is 18.6 Å². The van der Waals surface area contributed by atoms with Crippen LogP contribution in [0.15, 0.2) is 41.2 Å². The lowest BCUT2D eigenvalue weighted by Crippen LogP contribution is -1.95. The number of hydrogen-bond acceptors (Lipinski definition) is 2. The summed E-state index contributed by atoms with van der Waals surface area (Å²) >= 11 is 0. The molecule has 0 aliphatic rings. The lowest BCUT2D eigenvalue weighted by Gasteiger charge is -2.00. The number of rotatable bonds is 4. The SMILES string of the molecule is C\C=C(/C=N\C(=C/C)n1cccn1)CC. The third kappa shape index (κ3) is 3.20. The first kappa shape index (κ1) is 11.4. The maximum absolute atomic E-state index is 4.39. The van der Waals surface area contributed by atoms with Crippen molar-refractivity contribution in [3.63, 3.8) is 0 Å². The molecule has 1 heterocycles. The van der Waals surface area contributed by atoms with Crippen molar-refractivity contribution in [3.8, 4) is 0 Å². The van der Waals surface area contributed by atoms with Gasteiger partial charge in [-0.1, -0.05) is 13.0 Å². The van der Waals surface area contributed by atoms with E-state index in [9.17, 15) is 0 Å². The smallest absolute Gasteiger partial charge is 0.148 e. The van der Waals surface area contributed by atoms with E-state index in [1.807, 2.05) is 38.4 Å². The zero-order valence-corrected chi connectivity index (χ0v) is 9.51. The van der Waals surface area contributed by atoms with Gasteiger partial charge in [0.15, 0.2) is 0 Å². The number of allylic oxidation sites excluding steroid dienone is 3. The van der Waals surface area contributed by atoms with Gasteiger partial charge in [-0.15, -0.1) is 0 Å². The van der Waals surface area contributed by atoms with E-state index in [2.05, 4.69) is 23.1 Å². The highest BCUT2D eigenvalue weighted by Crippen LogP contribution is 2.05. The van der Waals surface area contributed by atoms with Gasteiger partial charge in [0.2, 0.25) is 0 Å². The fraction of sp³-hybridized carbons (Fsp3) is 0.333. The summed E-state index contributed by atoms with van der Waals surface area (Å²) in [6, 6.07) is 1.88. The molecule has 0 aliphatic heterocycles. The predicted molar refractivity (Wildman–Crippen MR) is 64.7 cm³/mol. The topological polar surface area (TPSA) is 30.2 Å². The van der Waals surface area contributed by atoms with Crippen molar-refractivity contribution in [2.45, 2.75) is 27.2 Å². The van der Waals surface area contributed by atoms with E-state index in [1.54, 1.807) is 10.9 Å². The summed E-state index contributed by atoms with van der Waals surface area (Å²) in [5, 5.41) is 4.13. The Morgan fingerprint density at radius 2 is 2.20 bits per heavy atom. The van der Waals surface area contributed by atoms with Crippen LogP contribution in [0.4, 0.5) is 0 Å². The molecule has 0 aromatic carbocycles. The Morgan fingerprint density at radius 3 is 2.67 bits per heavy atom. The van der Waals surface area contributed by atoms with Crippen LogP contribution in [0.1, 0.15) is 27.2 Å². The molecule has 0 bridgehead atoms. The molecule has 1 aromatic heterocycles. The standard InChI is InChI=1S/C12H17N3/c1-4-11(5-2)10-13-12(6-3)15-9-7-8-14-15/h4,6-10H,5H2,1-3H3/b11-4-,12-6+,13-10-. The normalized spacial score (nSPS) is 13.8. The molecule has 0 atom stereocenters. The lowest BCUT2D eigenvalue weighted by molar-refractivity contribution is 0.886. The minimum Gasteiger partial charge on any atom is -0.237 e. The second-order valence-corrected chi connectivity index (χ2v) is 3.07. The maximum atomic E-state index is 4.39. The number of aliphatic imine (C=N–C) groups is 1. The van der Waals surface area contributed by atoms with Crippen LogP contribution in [-0.2, 0) is 0 Å². The van der Waals surface area contributed by atoms with Crippen molar-refractivity contribution in [2.24, 2.45) is 4.99 Å². The van der Waals surface area contributed by atoms with Gasteiger partial charge in [-0.3, -0.25) is 0 Å². The van der Waals surface area contributed by atoms with Crippen LogP contribution in [0, 0.1) is 0 Å². The molecule has 0 aliphatic carbocycles. The summed E-state index contributed by atoms with van der Waals surface area (Å²) < 4.78 is 1.75. The first-order valence-corrected chi connectivity index (χ1v) is 5.17. The fourth-order valence-corrected chi connectivity index (χ4v) is 1.19. The average Bonchev–Trinajstić information content (AvgIpc) is 2.78. The highest BCUT2D eigenvalue weighted by atomic mass is 15.3. The zero-order chi connectivity index (χ0) is 11.1. The molecule has 80 valence electrons. The molecule has 3 nitrogen and oxygen atoms in total. The summed E-state index contributed by atoms with van der Waals surface area (Å²) in [4.78, 5) is 4.39. The highest BCUT2D eigenvalue weighted by molar-refractivity contribution is 5.81. The Hall–Kier alpha value is -1.64. The van der Waals surface area contributed by atoms with Crippen LogP contribution in [-0.4, -0.2) is 16.0 Å². The zero-order valence-electron chi connectivity index (χ0n) is 9.51. The third-order valence-electron chi connectivity index (χ3n) is 2.14. The molecule has 0 amide bonds. The maximum Gasteiger partial charge on any atom is 0.148 e. The summed E-state index contributed by atoms with van der Waals surface area (Å²) in [7, 11) is 0. The largest absolute Gasteiger partial charge is 0.237 e. The van der Waals surface area contributed by atoms with Crippen molar-refractivity contribution in [1.29, 1.82) is 0 Å². The Labute approximate surface area is 90.8 Å². The van der Waals surface area contributed by atoms with Gasteiger partial charge in [0.05, 0.1) is 0 Å². The Morgan fingerprint density at radius 1 is 1.40 bits per heavy atom. The van der Waals surface area contributed by atoms with E-state index in [0.717, 1.165) is 12.2 Å². The van der Waals surface area contributed by atoms with E-state index >= 15 is 0 Å². The quantitative estimate of drug-likeness (QED) is 0.691. The second-order valence-electron chi connectivity index (χ2n) is 3.07. The monoisotopic (exact) mass is 203 g/mol. The molecule has 0 saturated carbocycles. The lowest BCUT2D eigenvalue weighted by atomic mass is 10.2. The fourth-order valence-electron chi connectivity index (χ4n) is 1.19. The minimum atomic E-state index is 0.841. The Kier molecular flexibility index (Phi) is 4.54. The van der Waals surface area contributed by atoms with Crippen molar-refractivity contribution >= 4 is 12.0 Å². The van der Waals surface area contributed by atoms with E-state index < -0.39 is 0 Å². The van der Waals surface area contributed by atoms with Crippen LogP contribution in [0.5, 0.6) is 0 Å². The van der Waals surface area contributed by atoms with Gasteiger partial charge in [-0.25, -0.2) is 9.67 Å². The predicted octanol–water partition coefficient (Wildman–Crippen LogP) is 3.13. The molecule has 0 saturated heterocycles. The molecule has 0 unspecified atom stereocenters. The third-order valence-corrected chi connectivity index (χ3v) is 2.14. The van der Waals surface area contributed by atoms with Crippen molar-refractivity contribution in [3.05, 3.63) is 36.2 Å². The van der Waals surface area contributed by atoms with E-state index in [-0.39, 0.29) is 0 Å². The molecular formula is C12H17N3. The van der Waals surface area contributed by atoms with Gasteiger partial charge in [0.25, 0.3) is 0 Å². The van der Waals surface area contributed by atoms with Gasteiger partial charge in [0.1, 0.15) is 5.82 Å². The van der Waals surface area contributed by atoms with E-state index in [1.165, 1.54) is 5.57 Å². The van der Waals surface area contributed by atoms with Crippen LogP contribution < -0.4 is 0 Å². The summed E-state index contributed by atoms with van der Waals surface area (Å²) in [5.41, 5.74) is 1.22. The number of nitrogens with zero attached hydrogens (tertiary/aromatic N) is 3. The summed E-state index contributed by atoms with van der Waals surface area (Å²) in [6.45, 7) is 6.09. The van der Waals surface area contributed by atoms with Gasteiger partial charge in [-0.05, 0) is 38.0 Å². The van der Waals surface area contributed by atoms with E-state index in [4.69, 9.17) is 0 Å². The molecular weight excluding hydrogens is 186 g/mol. The van der Waals surface area contributed by atoms with Crippen molar-refractivity contribution in [2.75, 3.05) is 0 Å². The van der Waals surface area contributed by atoms with Crippen LogP contribution >= 0.6 is 0 Å². The Balaban J connectivity index is 2.80. The average molecular weight is 203 g/mol. The Bertz CT molecular complexity index is 370. The van der Waals surface area contributed by atoms with Crippen LogP contribution in [0.3, 0.4) is 0 Å². The summed E-state index contributed by atoms with van der Waals surface area (Å²) in [6.07, 6.45) is 10.5.